The van der Waals surface area contributed by atoms with E-state index in [-0.39, 0.29) is 56.5 Å². The van der Waals surface area contributed by atoms with Crippen LogP contribution in [-0.4, -0.2) is 107 Å². The van der Waals surface area contributed by atoms with E-state index in [1.54, 1.807) is 0 Å². The van der Waals surface area contributed by atoms with E-state index in [1.807, 2.05) is 0 Å². The third kappa shape index (κ3) is 50.4. The molecule has 0 aliphatic rings. The number of hydrogen-bond acceptors (Lipinski definition) is 12. The fourth-order valence-corrected chi connectivity index (χ4v) is 10.1. The van der Waals surface area contributed by atoms with E-state index < -0.39 is 24.3 Å². The highest BCUT2D eigenvalue weighted by atomic mass is 16.7. The van der Waals surface area contributed by atoms with Crippen molar-refractivity contribution in [3.05, 3.63) is 0 Å². The van der Waals surface area contributed by atoms with Crippen molar-refractivity contribution in [3.63, 3.8) is 0 Å². The molecule has 0 spiro atoms. The second kappa shape index (κ2) is 58.9. The summed E-state index contributed by atoms with van der Waals surface area (Å²) in [5.74, 6) is -0.808. The first-order valence-corrected chi connectivity index (χ1v) is 33.8. The number of amides is 2. The molecule has 0 heterocycles. The average molecular weight is 1140 g/mol. The molecule has 14 heteroatoms. The van der Waals surface area contributed by atoms with Crippen LogP contribution in [0.3, 0.4) is 0 Å². The van der Waals surface area contributed by atoms with Crippen molar-refractivity contribution < 1.29 is 52.4 Å². The van der Waals surface area contributed by atoms with Gasteiger partial charge in [-0.1, -0.05) is 215 Å². The van der Waals surface area contributed by atoms with Gasteiger partial charge in [0.1, 0.15) is 32.0 Å². The quantitative estimate of drug-likeness (QED) is 0.0336. The Kier molecular flexibility index (Phi) is 56.5. The van der Waals surface area contributed by atoms with Gasteiger partial charge in [0, 0.05) is 26.1 Å². The molecule has 0 aromatic heterocycles. The van der Waals surface area contributed by atoms with Crippen LogP contribution < -0.4 is 10.6 Å². The zero-order valence-electron chi connectivity index (χ0n) is 53.1. The van der Waals surface area contributed by atoms with Gasteiger partial charge < -0.3 is 44.0 Å². The van der Waals surface area contributed by atoms with Gasteiger partial charge in [0.2, 0.25) is 0 Å². The molecule has 14 nitrogen and oxygen atoms in total. The van der Waals surface area contributed by atoms with E-state index in [2.05, 4.69) is 64.0 Å². The van der Waals surface area contributed by atoms with Gasteiger partial charge in [0.25, 0.3) is 0 Å². The Balaban J connectivity index is 4.84. The molecule has 2 unspecified atom stereocenters. The van der Waals surface area contributed by atoms with Gasteiger partial charge in [-0.05, 0) is 103 Å². The van der Waals surface area contributed by atoms with E-state index in [1.165, 1.54) is 128 Å². The summed E-state index contributed by atoms with van der Waals surface area (Å²) < 4.78 is 33.9. The molecular weight excluding hydrogens is 1010 g/mol. The summed E-state index contributed by atoms with van der Waals surface area (Å²) >= 11 is 0. The Morgan fingerprint density at radius 2 is 0.762 bits per heavy atom. The van der Waals surface area contributed by atoms with Crippen LogP contribution in [0.4, 0.5) is 14.4 Å². The molecule has 0 aromatic carbocycles. The van der Waals surface area contributed by atoms with Gasteiger partial charge in [-0.3, -0.25) is 9.59 Å². The lowest BCUT2D eigenvalue weighted by Crippen LogP contribution is -2.33. The number of unbranched alkanes of at least 4 members (excludes halogenated alkanes) is 27. The lowest BCUT2D eigenvalue weighted by Gasteiger charge is -2.22. The SMILES string of the molecule is CCCCCCCCC(CCCCCCCC)OC(=O)CCCCCCCNC(=O)OCC(COC(=O)NCCCCCCC(CC)C(=O)OC(CCCCCCCC)CCCCCCCC)COC(=O)OCCCN(CC)CC. The van der Waals surface area contributed by atoms with Crippen LogP contribution in [0.25, 0.3) is 0 Å². The van der Waals surface area contributed by atoms with Gasteiger partial charge in [0.05, 0.1) is 18.4 Å². The summed E-state index contributed by atoms with van der Waals surface area (Å²) in [7, 11) is 0. The number of esters is 2. The minimum atomic E-state index is -0.824. The van der Waals surface area contributed by atoms with Crippen LogP contribution in [-0.2, 0) is 38.0 Å². The first-order chi connectivity index (χ1) is 39.1. The predicted octanol–water partition coefficient (Wildman–Crippen LogP) is 18.1. The Hall–Kier alpha value is -3.29. The number of rotatable bonds is 59. The summed E-state index contributed by atoms with van der Waals surface area (Å²) in [5, 5.41) is 5.60. The predicted molar refractivity (Wildman–Crippen MR) is 328 cm³/mol. The molecule has 0 aliphatic carbocycles. The van der Waals surface area contributed by atoms with Crippen LogP contribution in [0.2, 0.25) is 0 Å². The van der Waals surface area contributed by atoms with Gasteiger partial charge in [0.15, 0.2) is 0 Å². The zero-order chi connectivity index (χ0) is 58.8. The Morgan fingerprint density at radius 3 is 1.19 bits per heavy atom. The maximum absolute atomic E-state index is 13.4. The zero-order valence-corrected chi connectivity index (χ0v) is 53.1. The summed E-state index contributed by atoms with van der Waals surface area (Å²) in [5.41, 5.74) is 0. The van der Waals surface area contributed by atoms with Crippen molar-refractivity contribution in [2.45, 2.75) is 324 Å². The lowest BCUT2D eigenvalue weighted by molar-refractivity contribution is -0.155. The van der Waals surface area contributed by atoms with Gasteiger partial charge in [-0.25, -0.2) is 14.4 Å². The molecule has 0 saturated carbocycles. The maximum atomic E-state index is 13.4. The molecule has 0 aliphatic heterocycles. The van der Waals surface area contributed by atoms with E-state index in [4.69, 9.17) is 28.4 Å². The average Bonchev–Trinajstić information content (AvgIpc) is 3.45. The first-order valence-electron chi connectivity index (χ1n) is 33.8. The van der Waals surface area contributed by atoms with Crippen LogP contribution in [0, 0.1) is 11.8 Å². The third-order valence-electron chi connectivity index (χ3n) is 15.6. The molecule has 80 heavy (non-hydrogen) atoms. The van der Waals surface area contributed by atoms with Crippen LogP contribution >= 0.6 is 0 Å². The standard InChI is InChI=1S/C66H127N3O11/c1-8-15-19-23-28-37-46-60(47-38-29-24-20-16-9-2)79-62(70)50-41-32-27-34-42-51-67-64(72)76-55-58(57-78-66(74)75-54-44-53-69(13-6)14-7)56-77-65(73)68-52-43-35-33-36-45-59(12-5)63(71)80-61(48-39-30-25-21-17-10-3)49-40-31-26-22-18-11-4/h58-61H,8-57H2,1-7H3,(H,67,72)(H,68,73). The normalized spacial score (nSPS) is 12.2. The number of carbonyl (C=O) groups is 5. The largest absolute Gasteiger partial charge is 0.508 e. The molecule has 0 saturated heterocycles. The highest BCUT2D eigenvalue weighted by Gasteiger charge is 2.23. The topological polar surface area (TPSA) is 168 Å². The fourth-order valence-electron chi connectivity index (χ4n) is 10.1. The number of hydrogen-bond donors (Lipinski definition) is 2. The van der Waals surface area contributed by atoms with Gasteiger partial charge in [-0.2, -0.15) is 0 Å². The summed E-state index contributed by atoms with van der Waals surface area (Å²) in [6.45, 7) is 18.5. The third-order valence-corrected chi connectivity index (χ3v) is 15.6. The molecule has 0 bridgehead atoms. The van der Waals surface area contributed by atoms with Crippen molar-refractivity contribution in [1.29, 1.82) is 0 Å². The molecule has 0 fully saturated rings. The van der Waals surface area contributed by atoms with Crippen molar-refractivity contribution in [2.75, 3.05) is 59.2 Å². The van der Waals surface area contributed by atoms with Crippen LogP contribution in [0.1, 0.15) is 312 Å². The number of nitrogens with zero attached hydrogens (tertiary/aromatic N) is 1. The van der Waals surface area contributed by atoms with E-state index in [0.717, 1.165) is 142 Å². The molecule has 472 valence electrons. The Labute approximate surface area is 491 Å². The second-order valence-corrected chi connectivity index (χ2v) is 22.9. The molecule has 0 rings (SSSR count). The lowest BCUT2D eigenvalue weighted by atomic mass is 9.97. The van der Waals surface area contributed by atoms with Crippen molar-refractivity contribution in [3.8, 4) is 0 Å². The van der Waals surface area contributed by atoms with Crippen molar-refractivity contribution >= 4 is 30.3 Å². The Morgan fingerprint density at radius 1 is 0.388 bits per heavy atom. The van der Waals surface area contributed by atoms with Gasteiger partial charge >= 0.3 is 30.3 Å². The van der Waals surface area contributed by atoms with E-state index in [0.29, 0.717) is 25.9 Å². The minimum absolute atomic E-state index is 0.0229. The Bertz CT molecular complexity index is 1390. The van der Waals surface area contributed by atoms with Crippen LogP contribution in [0.5, 0.6) is 0 Å². The van der Waals surface area contributed by atoms with Crippen LogP contribution in [0.15, 0.2) is 0 Å². The van der Waals surface area contributed by atoms with Gasteiger partial charge in [-0.15, -0.1) is 0 Å². The fraction of sp³-hybridized carbons (Fsp3) is 0.924. The molecular formula is C66H127N3O11. The smallest absolute Gasteiger partial charge is 0.462 e. The number of nitrogens with one attached hydrogen (secondary N) is 2. The highest BCUT2D eigenvalue weighted by molar-refractivity contribution is 5.72. The summed E-state index contributed by atoms with van der Waals surface area (Å²) in [4.78, 5) is 66.3. The highest BCUT2D eigenvalue weighted by Crippen LogP contribution is 2.23. The summed E-state index contributed by atoms with van der Waals surface area (Å²) in [6, 6.07) is 0. The minimum Gasteiger partial charge on any atom is -0.462 e. The summed E-state index contributed by atoms with van der Waals surface area (Å²) in [6.07, 6.45) is 42.1. The molecule has 2 amide bonds. The number of alkyl carbamates (subject to hydrolysis) is 2. The molecule has 2 atom stereocenters. The van der Waals surface area contributed by atoms with E-state index in [9.17, 15) is 24.0 Å². The number of carbonyl (C=O) groups excluding carboxylic acids is 5. The van der Waals surface area contributed by atoms with Crippen molar-refractivity contribution in [1.82, 2.24) is 15.5 Å². The molecule has 0 aromatic rings. The van der Waals surface area contributed by atoms with E-state index >= 15 is 0 Å². The number of ether oxygens (including phenoxy) is 6. The molecule has 0 radical (unpaired) electrons. The van der Waals surface area contributed by atoms with Crippen molar-refractivity contribution in [2.24, 2.45) is 11.8 Å². The maximum Gasteiger partial charge on any atom is 0.508 e. The first kappa shape index (κ1) is 76.7. The monoisotopic (exact) mass is 1140 g/mol. The molecule has 2 N–H and O–H groups in total. The second-order valence-electron chi connectivity index (χ2n) is 22.9.